The number of nitro groups is 1. The molecule has 0 spiro atoms. The van der Waals surface area contributed by atoms with Crippen LogP contribution in [-0.4, -0.2) is 30.1 Å². The number of aromatic nitrogens is 1. The molecule has 0 saturated carbocycles. The van der Waals surface area contributed by atoms with Gasteiger partial charge < -0.3 is 9.47 Å². The zero-order valence-electron chi connectivity index (χ0n) is 9.35. The molecule has 0 atom stereocenters. The average molecular weight is 262 g/mol. The molecule has 1 rings (SSSR count). The number of esters is 1. The highest BCUT2D eigenvalue weighted by atomic mass is 19.3. The lowest BCUT2D eigenvalue weighted by molar-refractivity contribution is -0.386. The van der Waals surface area contributed by atoms with E-state index < -0.39 is 40.1 Å². The molecule has 0 aliphatic rings. The fraction of sp³-hybridized carbons (Fsp3) is 0.333. The van der Waals surface area contributed by atoms with Crippen molar-refractivity contribution in [1.29, 1.82) is 0 Å². The zero-order valence-corrected chi connectivity index (χ0v) is 9.35. The molecule has 1 heterocycles. The summed E-state index contributed by atoms with van der Waals surface area (Å²) in [6.07, 6.45) is -3.06. The number of halogens is 2. The van der Waals surface area contributed by atoms with Crippen LogP contribution in [0.25, 0.3) is 0 Å². The molecule has 0 unspecified atom stereocenters. The normalized spacial score (nSPS) is 10.3. The summed E-state index contributed by atoms with van der Waals surface area (Å²) in [4.78, 5) is 24.4. The molecule has 0 amide bonds. The number of carbonyl (C=O) groups is 1. The molecule has 18 heavy (non-hydrogen) atoms. The van der Waals surface area contributed by atoms with E-state index in [4.69, 9.17) is 0 Å². The number of methoxy groups -OCH3 is 2. The van der Waals surface area contributed by atoms with Crippen LogP contribution >= 0.6 is 0 Å². The van der Waals surface area contributed by atoms with E-state index in [1.165, 1.54) is 0 Å². The maximum Gasteiger partial charge on any atom is 0.360 e. The number of hydrogen-bond acceptors (Lipinski definition) is 6. The number of hydrogen-bond donors (Lipinski definition) is 0. The third kappa shape index (κ3) is 2.50. The van der Waals surface area contributed by atoms with Gasteiger partial charge >= 0.3 is 11.7 Å². The van der Waals surface area contributed by atoms with Gasteiger partial charge in [0.05, 0.1) is 19.1 Å². The van der Waals surface area contributed by atoms with Crippen molar-refractivity contribution in [3.8, 4) is 5.75 Å². The van der Waals surface area contributed by atoms with Crippen LogP contribution in [0.4, 0.5) is 14.5 Å². The fourth-order valence-corrected chi connectivity index (χ4v) is 1.22. The van der Waals surface area contributed by atoms with Crippen LogP contribution in [0.1, 0.15) is 22.6 Å². The van der Waals surface area contributed by atoms with Gasteiger partial charge in [0.15, 0.2) is 5.69 Å². The van der Waals surface area contributed by atoms with E-state index in [0.29, 0.717) is 6.07 Å². The van der Waals surface area contributed by atoms with E-state index in [0.717, 1.165) is 14.2 Å². The fourth-order valence-electron chi connectivity index (χ4n) is 1.22. The van der Waals surface area contributed by atoms with Crippen LogP contribution in [0, 0.1) is 10.1 Å². The molecule has 1 aromatic heterocycles. The molecule has 0 radical (unpaired) electrons. The van der Waals surface area contributed by atoms with Gasteiger partial charge in [-0.2, -0.15) is 0 Å². The first-order valence-corrected chi connectivity index (χ1v) is 4.52. The molecule has 0 aliphatic carbocycles. The molecule has 0 fully saturated rings. The predicted octanol–water partition coefficient (Wildman–Crippen LogP) is 1.72. The second-order valence-electron chi connectivity index (χ2n) is 3.00. The Kier molecular flexibility index (Phi) is 4.08. The van der Waals surface area contributed by atoms with Crippen LogP contribution in [0.15, 0.2) is 6.07 Å². The third-order valence-corrected chi connectivity index (χ3v) is 1.98. The van der Waals surface area contributed by atoms with Crippen molar-refractivity contribution in [2.75, 3.05) is 14.2 Å². The van der Waals surface area contributed by atoms with Crippen molar-refractivity contribution in [3.63, 3.8) is 0 Å². The lowest BCUT2D eigenvalue weighted by Crippen LogP contribution is -2.11. The molecule has 7 nitrogen and oxygen atoms in total. The highest BCUT2D eigenvalue weighted by Gasteiger charge is 2.29. The van der Waals surface area contributed by atoms with Crippen molar-refractivity contribution >= 4 is 11.7 Å². The number of ether oxygens (including phenoxy) is 2. The first-order valence-electron chi connectivity index (χ1n) is 4.52. The average Bonchev–Trinajstić information content (AvgIpc) is 2.35. The number of rotatable bonds is 4. The summed E-state index contributed by atoms with van der Waals surface area (Å²) >= 11 is 0. The van der Waals surface area contributed by atoms with Gasteiger partial charge in [0.2, 0.25) is 5.75 Å². The Hall–Kier alpha value is -2.32. The second kappa shape index (κ2) is 5.34. The summed E-state index contributed by atoms with van der Waals surface area (Å²) in [7, 11) is 2.04. The summed E-state index contributed by atoms with van der Waals surface area (Å²) in [5.74, 6) is -1.62. The summed E-state index contributed by atoms with van der Waals surface area (Å²) in [5.41, 5.74) is -2.34. The number of nitrogens with zero attached hydrogens (tertiary/aromatic N) is 2. The zero-order chi connectivity index (χ0) is 13.9. The van der Waals surface area contributed by atoms with Gasteiger partial charge in [0.25, 0.3) is 6.43 Å². The molecule has 0 aromatic carbocycles. The third-order valence-electron chi connectivity index (χ3n) is 1.98. The molecule has 0 bridgehead atoms. The molecular formula is C9H8F2N2O5. The first kappa shape index (κ1) is 13.7. The smallest absolute Gasteiger partial charge is 0.360 e. The Balaban J connectivity index is 3.55. The molecule has 98 valence electrons. The van der Waals surface area contributed by atoms with Gasteiger partial charge in [-0.3, -0.25) is 10.1 Å². The molecule has 0 N–H and O–H groups in total. The van der Waals surface area contributed by atoms with Gasteiger partial charge in [-0.1, -0.05) is 0 Å². The SMILES string of the molecule is COC(=O)c1nc(C(F)F)cc([N+](=O)[O-])c1OC. The van der Waals surface area contributed by atoms with Crippen molar-refractivity contribution in [3.05, 3.63) is 27.6 Å². The largest absolute Gasteiger partial charge is 0.488 e. The van der Waals surface area contributed by atoms with Crippen LogP contribution in [-0.2, 0) is 4.74 Å². The lowest BCUT2D eigenvalue weighted by atomic mass is 10.2. The van der Waals surface area contributed by atoms with E-state index in [2.05, 4.69) is 14.5 Å². The van der Waals surface area contributed by atoms with Crippen LogP contribution in [0.2, 0.25) is 0 Å². The Morgan fingerprint density at radius 2 is 2.11 bits per heavy atom. The quantitative estimate of drug-likeness (QED) is 0.466. The first-order chi connectivity index (χ1) is 8.42. The Morgan fingerprint density at radius 1 is 1.50 bits per heavy atom. The van der Waals surface area contributed by atoms with Crippen molar-refractivity contribution in [2.45, 2.75) is 6.43 Å². The highest BCUT2D eigenvalue weighted by Crippen LogP contribution is 2.33. The maximum atomic E-state index is 12.5. The van der Waals surface area contributed by atoms with Gasteiger partial charge in [0, 0.05) is 6.07 Å². The minimum atomic E-state index is -3.06. The molecule has 1 aromatic rings. The maximum absolute atomic E-state index is 12.5. The van der Waals surface area contributed by atoms with Crippen LogP contribution in [0.3, 0.4) is 0 Å². The second-order valence-corrected chi connectivity index (χ2v) is 3.00. The Bertz CT molecular complexity index is 492. The van der Waals surface area contributed by atoms with E-state index in [9.17, 15) is 23.7 Å². The van der Waals surface area contributed by atoms with E-state index >= 15 is 0 Å². The monoisotopic (exact) mass is 262 g/mol. The van der Waals surface area contributed by atoms with Crippen LogP contribution < -0.4 is 4.74 Å². The van der Waals surface area contributed by atoms with Crippen molar-refractivity contribution < 1.29 is 28.0 Å². The van der Waals surface area contributed by atoms with Crippen molar-refractivity contribution in [2.24, 2.45) is 0 Å². The number of alkyl halides is 2. The minimum Gasteiger partial charge on any atom is -0.488 e. The van der Waals surface area contributed by atoms with E-state index in [-0.39, 0.29) is 0 Å². The Morgan fingerprint density at radius 3 is 2.50 bits per heavy atom. The summed E-state index contributed by atoms with van der Waals surface area (Å²) < 4.78 is 34.0. The van der Waals surface area contributed by atoms with Gasteiger partial charge in [-0.25, -0.2) is 18.6 Å². The topological polar surface area (TPSA) is 91.6 Å². The van der Waals surface area contributed by atoms with Gasteiger partial charge in [0.1, 0.15) is 5.69 Å². The van der Waals surface area contributed by atoms with Crippen LogP contribution in [0.5, 0.6) is 5.75 Å². The molecule has 0 aliphatic heterocycles. The van der Waals surface area contributed by atoms with Crippen molar-refractivity contribution in [1.82, 2.24) is 4.98 Å². The minimum absolute atomic E-state index is 0.517. The standard InChI is InChI=1S/C9H8F2N2O5/c1-17-7-5(13(15)16)3-4(8(10)11)12-6(7)9(14)18-2/h3,8H,1-2H3. The van der Waals surface area contributed by atoms with Gasteiger partial charge in [-0.05, 0) is 0 Å². The number of pyridine rings is 1. The van der Waals surface area contributed by atoms with E-state index in [1.807, 2.05) is 0 Å². The van der Waals surface area contributed by atoms with E-state index in [1.54, 1.807) is 0 Å². The molecular weight excluding hydrogens is 254 g/mol. The molecule has 9 heteroatoms. The summed E-state index contributed by atoms with van der Waals surface area (Å²) in [6.45, 7) is 0. The predicted molar refractivity (Wildman–Crippen MR) is 53.7 cm³/mol. The summed E-state index contributed by atoms with van der Waals surface area (Å²) in [6, 6.07) is 0.552. The van der Waals surface area contributed by atoms with Gasteiger partial charge in [-0.15, -0.1) is 0 Å². The highest BCUT2D eigenvalue weighted by molar-refractivity contribution is 5.91. The number of carbonyl (C=O) groups excluding carboxylic acids is 1. The lowest BCUT2D eigenvalue weighted by Gasteiger charge is -2.08. The molecule has 0 saturated heterocycles. The summed E-state index contributed by atoms with van der Waals surface area (Å²) in [5, 5.41) is 10.7. The Labute approximate surface area is 99.5 Å².